The van der Waals surface area contributed by atoms with Crippen LogP contribution in [0.5, 0.6) is 5.75 Å². The summed E-state index contributed by atoms with van der Waals surface area (Å²) in [5.74, 6) is 6.80. The molecule has 0 amide bonds. The number of aromatic nitrogens is 1. The van der Waals surface area contributed by atoms with Crippen molar-refractivity contribution in [3.05, 3.63) is 53.2 Å². The van der Waals surface area contributed by atoms with E-state index in [4.69, 9.17) is 9.26 Å². The quantitative estimate of drug-likeness (QED) is 0.666. The van der Waals surface area contributed by atoms with Gasteiger partial charge in [-0.1, -0.05) is 11.8 Å². The second-order valence-electron chi connectivity index (χ2n) is 5.11. The molecule has 5 nitrogen and oxygen atoms in total. The molecule has 6 heteroatoms. The Bertz CT molecular complexity index is 806. The van der Waals surface area contributed by atoms with Crippen LogP contribution in [-0.4, -0.2) is 30.5 Å². The second-order valence-corrected chi connectivity index (χ2v) is 7.51. The van der Waals surface area contributed by atoms with E-state index in [1.165, 1.54) is 6.66 Å². The Labute approximate surface area is 142 Å². The number of nitrogens with zero attached hydrogens (tertiary/aromatic N) is 1. The standard InChI is InChI=1S/C18H20NO4P/c1-4-23-24(3,21)18-12-15(11-16(13-20)19-18)6-5-14-7-9-17(22-2)10-8-14/h7-12,20H,4,13H2,1-3H3. The molecule has 0 saturated heterocycles. The Morgan fingerprint density at radius 1 is 1.17 bits per heavy atom. The molecule has 0 bridgehead atoms. The van der Waals surface area contributed by atoms with Gasteiger partial charge in [0, 0.05) is 17.8 Å². The fourth-order valence-corrected chi connectivity index (χ4v) is 3.37. The second kappa shape index (κ2) is 8.12. The van der Waals surface area contributed by atoms with Crippen molar-refractivity contribution >= 4 is 12.8 Å². The van der Waals surface area contributed by atoms with E-state index in [0.717, 1.165) is 11.3 Å². The molecule has 2 rings (SSSR count). The van der Waals surface area contributed by atoms with E-state index < -0.39 is 7.37 Å². The summed E-state index contributed by atoms with van der Waals surface area (Å²) in [5, 5.41) is 9.37. The number of benzene rings is 1. The number of rotatable bonds is 5. The van der Waals surface area contributed by atoms with E-state index in [9.17, 15) is 9.67 Å². The molecule has 0 spiro atoms. The van der Waals surface area contributed by atoms with Crippen molar-refractivity contribution in [2.24, 2.45) is 0 Å². The first-order chi connectivity index (χ1) is 11.5. The third-order valence-corrected chi connectivity index (χ3v) is 5.07. The molecular formula is C18H20NO4P. The number of hydrogen-bond acceptors (Lipinski definition) is 5. The molecule has 0 aliphatic rings. The van der Waals surface area contributed by atoms with E-state index in [0.29, 0.717) is 23.3 Å². The van der Waals surface area contributed by atoms with Gasteiger partial charge < -0.3 is 14.4 Å². The first kappa shape index (κ1) is 18.2. The van der Waals surface area contributed by atoms with Gasteiger partial charge in [-0.25, -0.2) is 4.98 Å². The van der Waals surface area contributed by atoms with Crippen molar-refractivity contribution in [3.8, 4) is 17.6 Å². The van der Waals surface area contributed by atoms with Gasteiger partial charge in [-0.2, -0.15) is 0 Å². The maximum absolute atomic E-state index is 12.6. The van der Waals surface area contributed by atoms with Crippen molar-refractivity contribution in [1.82, 2.24) is 4.98 Å². The Morgan fingerprint density at radius 3 is 2.42 bits per heavy atom. The van der Waals surface area contributed by atoms with Crippen LogP contribution in [0.2, 0.25) is 0 Å². The van der Waals surface area contributed by atoms with Crippen molar-refractivity contribution in [3.63, 3.8) is 0 Å². The summed E-state index contributed by atoms with van der Waals surface area (Å²) in [5.41, 5.74) is 2.18. The van der Waals surface area contributed by atoms with Crippen LogP contribution in [0, 0.1) is 11.8 Å². The lowest BCUT2D eigenvalue weighted by Crippen LogP contribution is -2.14. The zero-order valence-corrected chi connectivity index (χ0v) is 14.8. The predicted molar refractivity (Wildman–Crippen MR) is 93.9 cm³/mol. The number of pyridine rings is 1. The van der Waals surface area contributed by atoms with Gasteiger partial charge in [-0.3, -0.25) is 4.57 Å². The Kier molecular flexibility index (Phi) is 6.16. The highest BCUT2D eigenvalue weighted by Crippen LogP contribution is 2.40. The number of aliphatic hydroxyl groups is 1. The minimum Gasteiger partial charge on any atom is -0.497 e. The van der Waals surface area contributed by atoms with E-state index in [-0.39, 0.29) is 6.61 Å². The summed E-state index contributed by atoms with van der Waals surface area (Å²) in [6, 6.07) is 10.7. The molecule has 126 valence electrons. The summed E-state index contributed by atoms with van der Waals surface area (Å²) in [7, 11) is -1.42. The fraction of sp³-hybridized carbons (Fsp3) is 0.278. The van der Waals surface area contributed by atoms with Gasteiger partial charge in [0.1, 0.15) is 11.2 Å². The van der Waals surface area contributed by atoms with Crippen LogP contribution in [0.1, 0.15) is 23.7 Å². The van der Waals surface area contributed by atoms with Gasteiger partial charge in [0.2, 0.25) is 7.37 Å². The summed E-state index contributed by atoms with van der Waals surface area (Å²) in [6.07, 6.45) is 0. The minimum atomic E-state index is -3.02. The number of hydrogen-bond donors (Lipinski definition) is 1. The summed E-state index contributed by atoms with van der Waals surface area (Å²) in [4.78, 5) is 4.20. The van der Waals surface area contributed by atoms with Gasteiger partial charge in [-0.15, -0.1) is 0 Å². The first-order valence-corrected chi connectivity index (χ1v) is 9.56. The highest BCUT2D eigenvalue weighted by Gasteiger charge is 2.21. The number of methoxy groups -OCH3 is 1. The Balaban J connectivity index is 2.36. The van der Waals surface area contributed by atoms with Crippen molar-refractivity contribution in [2.75, 3.05) is 20.4 Å². The summed E-state index contributed by atoms with van der Waals surface area (Å²) >= 11 is 0. The lowest BCUT2D eigenvalue weighted by atomic mass is 10.2. The molecule has 0 aliphatic heterocycles. The maximum Gasteiger partial charge on any atom is 0.247 e. The smallest absolute Gasteiger partial charge is 0.247 e. The van der Waals surface area contributed by atoms with Crippen LogP contribution >= 0.6 is 7.37 Å². The number of ether oxygens (including phenoxy) is 1. The molecule has 1 heterocycles. The lowest BCUT2D eigenvalue weighted by molar-refractivity contribution is 0.277. The molecule has 1 aromatic carbocycles. The first-order valence-electron chi connectivity index (χ1n) is 7.49. The molecule has 24 heavy (non-hydrogen) atoms. The molecule has 1 N–H and O–H groups in total. The molecule has 0 radical (unpaired) electrons. The summed E-state index contributed by atoms with van der Waals surface area (Å²) in [6.45, 7) is 3.36. The highest BCUT2D eigenvalue weighted by molar-refractivity contribution is 7.65. The molecule has 1 atom stereocenters. The number of aliphatic hydroxyl groups excluding tert-OH is 1. The van der Waals surface area contributed by atoms with Gasteiger partial charge in [0.05, 0.1) is 26.0 Å². The molecule has 1 unspecified atom stereocenters. The highest BCUT2D eigenvalue weighted by atomic mass is 31.2. The van der Waals surface area contributed by atoms with Crippen molar-refractivity contribution in [1.29, 1.82) is 0 Å². The van der Waals surface area contributed by atoms with Crippen LogP contribution in [0.4, 0.5) is 0 Å². The maximum atomic E-state index is 12.6. The average Bonchev–Trinajstić information content (AvgIpc) is 2.60. The zero-order valence-electron chi connectivity index (χ0n) is 13.9. The lowest BCUT2D eigenvalue weighted by Gasteiger charge is -2.13. The van der Waals surface area contributed by atoms with Crippen LogP contribution in [0.3, 0.4) is 0 Å². The predicted octanol–water partition coefficient (Wildman–Crippen LogP) is 2.55. The minimum absolute atomic E-state index is 0.253. The molecule has 0 saturated carbocycles. The van der Waals surface area contributed by atoms with Gasteiger partial charge in [0.25, 0.3) is 0 Å². The van der Waals surface area contributed by atoms with Crippen LogP contribution in [0.25, 0.3) is 0 Å². The van der Waals surface area contributed by atoms with Crippen molar-refractivity contribution in [2.45, 2.75) is 13.5 Å². The fourth-order valence-electron chi connectivity index (χ4n) is 2.06. The molecule has 2 aromatic rings. The largest absolute Gasteiger partial charge is 0.497 e. The van der Waals surface area contributed by atoms with Gasteiger partial charge in [0.15, 0.2) is 0 Å². The van der Waals surface area contributed by atoms with Crippen LogP contribution in [-0.2, 0) is 15.7 Å². The van der Waals surface area contributed by atoms with E-state index in [1.54, 1.807) is 26.2 Å². The Hall–Kier alpha value is -2.12. The monoisotopic (exact) mass is 345 g/mol. The van der Waals surface area contributed by atoms with E-state index in [2.05, 4.69) is 16.8 Å². The van der Waals surface area contributed by atoms with Crippen LogP contribution in [0.15, 0.2) is 36.4 Å². The van der Waals surface area contributed by atoms with Gasteiger partial charge in [-0.05, 0) is 43.3 Å². The molecule has 0 fully saturated rings. The topological polar surface area (TPSA) is 68.7 Å². The molecular weight excluding hydrogens is 325 g/mol. The third-order valence-electron chi connectivity index (χ3n) is 3.26. The van der Waals surface area contributed by atoms with Crippen LogP contribution < -0.4 is 10.2 Å². The summed E-state index contributed by atoms with van der Waals surface area (Å²) < 4.78 is 23.0. The van der Waals surface area contributed by atoms with E-state index >= 15 is 0 Å². The average molecular weight is 345 g/mol. The van der Waals surface area contributed by atoms with Crippen molar-refractivity contribution < 1.29 is 18.9 Å². The Morgan fingerprint density at radius 2 is 1.83 bits per heavy atom. The SMILES string of the molecule is CCOP(C)(=O)c1cc(C#Cc2ccc(OC)cc2)cc(CO)n1. The normalized spacial score (nSPS) is 12.8. The zero-order chi connectivity index (χ0) is 17.6. The van der Waals surface area contributed by atoms with Gasteiger partial charge >= 0.3 is 0 Å². The molecule has 1 aromatic heterocycles. The van der Waals surface area contributed by atoms with E-state index in [1.807, 2.05) is 24.3 Å². The third kappa shape index (κ3) is 4.69. The molecule has 0 aliphatic carbocycles.